The molecule has 1 N–H and O–H groups in total. The molecule has 9 heavy (non-hydrogen) atoms. The molecule has 0 radical (unpaired) electrons. The Hall–Kier alpha value is -0.550. The predicted molar refractivity (Wildman–Crippen MR) is 40.1 cm³/mol. The lowest BCUT2D eigenvalue weighted by Crippen LogP contribution is -2.00. The van der Waals surface area contributed by atoms with Gasteiger partial charge in [-0.05, 0) is 0 Å². The second-order valence-corrected chi connectivity index (χ2v) is 2.43. The van der Waals surface area contributed by atoms with Crippen molar-refractivity contribution in [2.45, 2.75) is 0 Å². The molecule has 1 heterocycles. The molecule has 0 aromatic carbocycles. The van der Waals surface area contributed by atoms with Crippen molar-refractivity contribution in [3.05, 3.63) is 10.9 Å². The summed E-state index contributed by atoms with van der Waals surface area (Å²) in [7, 11) is 0. The third-order valence-corrected chi connectivity index (χ3v) is 1.37. The van der Waals surface area contributed by atoms with Crippen LogP contribution in [0, 0.1) is 0 Å². The maximum absolute atomic E-state index is 10.2. The quantitative estimate of drug-likeness (QED) is 0.613. The molecule has 0 unspecified atom stereocenters. The molecule has 0 saturated heterocycles. The molecule has 0 spiro atoms. The number of hydrogen-bond donors (Lipinski definition) is 2. The van der Waals surface area contributed by atoms with Crippen molar-refractivity contribution in [3.63, 3.8) is 0 Å². The number of nitrogens with zero attached hydrogens (tertiary/aromatic N) is 1. The number of carbonyl (C=O) groups excluding carboxylic acids is 1. The first-order valence-corrected chi connectivity index (χ1v) is 3.56. The van der Waals surface area contributed by atoms with Crippen molar-refractivity contribution in [2.75, 3.05) is 5.32 Å². The van der Waals surface area contributed by atoms with E-state index in [0.29, 0.717) is 5.82 Å². The highest BCUT2D eigenvalue weighted by atomic mass is 32.1. The smallest absolute Gasteiger partial charge is 0.281 e. The van der Waals surface area contributed by atoms with Gasteiger partial charge in [-0.3, -0.25) is 4.79 Å². The van der Waals surface area contributed by atoms with Crippen LogP contribution >= 0.6 is 24.0 Å². The molecule has 0 aliphatic heterocycles. The second-order valence-electron chi connectivity index (χ2n) is 1.30. The van der Waals surface area contributed by atoms with Gasteiger partial charge in [0, 0.05) is 5.38 Å². The summed E-state index contributed by atoms with van der Waals surface area (Å²) in [6, 6.07) is 0. The minimum absolute atomic E-state index is 0.388. The van der Waals surface area contributed by atoms with E-state index in [0.717, 1.165) is 0 Å². The maximum Gasteiger partial charge on any atom is 0.281 e. The molecule has 1 rings (SSSR count). The lowest BCUT2D eigenvalue weighted by atomic mass is 10.8. The number of rotatable bonds is 1. The first-order valence-electron chi connectivity index (χ1n) is 2.17. The SMILES string of the molecule is O=C(S)Nc1cscn1. The van der Waals surface area contributed by atoms with Gasteiger partial charge in [0.15, 0.2) is 0 Å². The summed E-state index contributed by atoms with van der Waals surface area (Å²) in [5, 5.41) is 3.75. The zero-order valence-corrected chi connectivity index (χ0v) is 6.08. The highest BCUT2D eigenvalue weighted by Crippen LogP contribution is 2.06. The van der Waals surface area contributed by atoms with Crippen molar-refractivity contribution >= 4 is 35.0 Å². The molecular weight excluding hydrogens is 156 g/mol. The molecule has 0 atom stereocenters. The van der Waals surface area contributed by atoms with Gasteiger partial charge in [-0.2, -0.15) is 0 Å². The number of carbonyl (C=O) groups is 1. The van der Waals surface area contributed by atoms with Gasteiger partial charge >= 0.3 is 0 Å². The number of aromatic nitrogens is 1. The van der Waals surface area contributed by atoms with Crippen LogP contribution in [-0.2, 0) is 0 Å². The zero-order chi connectivity index (χ0) is 6.69. The van der Waals surface area contributed by atoms with Gasteiger partial charge in [0.1, 0.15) is 5.82 Å². The normalized spacial score (nSPS) is 9.00. The molecule has 0 saturated carbocycles. The third-order valence-electron chi connectivity index (χ3n) is 0.667. The molecule has 3 nitrogen and oxygen atoms in total. The van der Waals surface area contributed by atoms with E-state index in [4.69, 9.17) is 0 Å². The van der Waals surface area contributed by atoms with Crippen molar-refractivity contribution in [1.29, 1.82) is 0 Å². The molecule has 0 fully saturated rings. The Kier molecular flexibility index (Phi) is 2.07. The molecule has 5 heteroatoms. The van der Waals surface area contributed by atoms with Crippen LogP contribution in [0.2, 0.25) is 0 Å². The van der Waals surface area contributed by atoms with Gasteiger partial charge in [0.25, 0.3) is 5.24 Å². The van der Waals surface area contributed by atoms with Crippen LogP contribution in [0.5, 0.6) is 0 Å². The molecule has 0 bridgehead atoms. The Bertz CT molecular complexity index is 196. The van der Waals surface area contributed by atoms with Gasteiger partial charge in [-0.1, -0.05) is 12.6 Å². The van der Waals surface area contributed by atoms with Crippen LogP contribution in [-0.4, -0.2) is 10.2 Å². The highest BCUT2D eigenvalue weighted by Gasteiger charge is 1.94. The monoisotopic (exact) mass is 160 g/mol. The van der Waals surface area contributed by atoms with E-state index in [1.165, 1.54) is 11.3 Å². The number of hydrogen-bond acceptors (Lipinski definition) is 3. The van der Waals surface area contributed by atoms with Crippen LogP contribution in [0.15, 0.2) is 10.9 Å². The molecule has 48 valence electrons. The summed E-state index contributed by atoms with van der Waals surface area (Å²) in [6.07, 6.45) is 0. The molecule has 1 amide bonds. The minimum atomic E-state index is -0.388. The van der Waals surface area contributed by atoms with Crippen LogP contribution in [0.3, 0.4) is 0 Å². The van der Waals surface area contributed by atoms with E-state index in [1.807, 2.05) is 0 Å². The Morgan fingerprint density at radius 3 is 3.11 bits per heavy atom. The largest absolute Gasteiger partial charge is 0.301 e. The molecule has 0 aliphatic carbocycles. The molecule has 1 aromatic rings. The molecular formula is C4H4N2OS2. The van der Waals surface area contributed by atoms with Crippen molar-refractivity contribution < 1.29 is 4.79 Å². The standard InChI is InChI=1S/C4H4N2OS2/c7-4(8)6-3-1-9-2-5-3/h1-2H,(H2,6,7,8). The fourth-order valence-electron chi connectivity index (χ4n) is 0.384. The number of nitrogens with one attached hydrogen (secondary N) is 1. The molecule has 0 aliphatic rings. The van der Waals surface area contributed by atoms with Gasteiger partial charge in [-0.25, -0.2) is 4.98 Å². The topological polar surface area (TPSA) is 42.0 Å². The van der Waals surface area contributed by atoms with Crippen LogP contribution in [0.25, 0.3) is 0 Å². The van der Waals surface area contributed by atoms with Crippen molar-refractivity contribution in [3.8, 4) is 0 Å². The highest BCUT2D eigenvalue weighted by molar-refractivity contribution is 7.96. The average Bonchev–Trinajstić information content (AvgIpc) is 2.15. The van der Waals surface area contributed by atoms with E-state index in [-0.39, 0.29) is 5.24 Å². The summed E-state index contributed by atoms with van der Waals surface area (Å²) < 4.78 is 0. The number of thiazole rings is 1. The van der Waals surface area contributed by atoms with Crippen molar-refractivity contribution in [1.82, 2.24) is 4.98 Å². The van der Waals surface area contributed by atoms with E-state index in [1.54, 1.807) is 10.9 Å². The third kappa shape index (κ3) is 2.03. The maximum atomic E-state index is 10.2. The minimum Gasteiger partial charge on any atom is -0.301 e. The predicted octanol–water partition coefficient (Wildman–Crippen LogP) is 1.60. The first-order chi connectivity index (χ1) is 4.29. The fourth-order valence-corrected chi connectivity index (χ4v) is 0.982. The van der Waals surface area contributed by atoms with Gasteiger partial charge < -0.3 is 5.32 Å². The van der Waals surface area contributed by atoms with E-state index >= 15 is 0 Å². The Morgan fingerprint density at radius 1 is 1.89 bits per heavy atom. The summed E-state index contributed by atoms with van der Waals surface area (Å²) in [4.78, 5) is 14.0. The number of amides is 1. The van der Waals surface area contributed by atoms with E-state index in [2.05, 4.69) is 22.9 Å². The van der Waals surface area contributed by atoms with Crippen LogP contribution in [0.1, 0.15) is 0 Å². The number of anilines is 1. The van der Waals surface area contributed by atoms with E-state index < -0.39 is 0 Å². The average molecular weight is 160 g/mol. The lowest BCUT2D eigenvalue weighted by Gasteiger charge is -1.90. The van der Waals surface area contributed by atoms with Gasteiger partial charge in [0.05, 0.1) is 5.51 Å². The summed E-state index contributed by atoms with van der Waals surface area (Å²) in [5.74, 6) is 0.556. The van der Waals surface area contributed by atoms with Gasteiger partial charge in [-0.15, -0.1) is 11.3 Å². The summed E-state index contributed by atoms with van der Waals surface area (Å²) in [6.45, 7) is 0. The second kappa shape index (κ2) is 2.84. The Balaban J connectivity index is 2.58. The zero-order valence-electron chi connectivity index (χ0n) is 4.37. The lowest BCUT2D eigenvalue weighted by molar-refractivity contribution is 0.270. The van der Waals surface area contributed by atoms with Gasteiger partial charge in [0.2, 0.25) is 0 Å². The summed E-state index contributed by atoms with van der Waals surface area (Å²) >= 11 is 4.92. The van der Waals surface area contributed by atoms with Crippen LogP contribution < -0.4 is 5.32 Å². The van der Waals surface area contributed by atoms with Crippen LogP contribution in [0.4, 0.5) is 10.6 Å². The molecule has 1 aromatic heterocycles. The fraction of sp³-hybridized carbons (Fsp3) is 0. The Labute approximate surface area is 61.5 Å². The Morgan fingerprint density at radius 2 is 2.67 bits per heavy atom. The number of thiol groups is 1. The summed E-state index contributed by atoms with van der Waals surface area (Å²) in [5.41, 5.74) is 1.64. The van der Waals surface area contributed by atoms with Crippen molar-refractivity contribution in [2.24, 2.45) is 0 Å². The first kappa shape index (κ1) is 6.57. The van der Waals surface area contributed by atoms with E-state index in [9.17, 15) is 4.79 Å².